The van der Waals surface area contributed by atoms with E-state index in [-0.39, 0.29) is 5.69 Å². The third-order valence-electron chi connectivity index (χ3n) is 1.53. The molecule has 0 radical (unpaired) electrons. The first-order valence-electron chi connectivity index (χ1n) is 3.18. The van der Waals surface area contributed by atoms with Crippen molar-refractivity contribution in [2.24, 2.45) is 19.3 Å². The van der Waals surface area contributed by atoms with Crippen molar-refractivity contribution in [3.63, 3.8) is 0 Å². The van der Waals surface area contributed by atoms with Crippen LogP contribution in [0.4, 0.5) is 5.69 Å². The van der Waals surface area contributed by atoms with Crippen molar-refractivity contribution in [1.82, 2.24) is 9.13 Å². The predicted molar refractivity (Wildman–Crippen MR) is 42.4 cm³/mol. The van der Waals surface area contributed by atoms with E-state index in [1.54, 1.807) is 0 Å². The Hall–Kier alpha value is -1.72. The Morgan fingerprint density at radius 1 is 1.33 bits per heavy atom. The summed E-state index contributed by atoms with van der Waals surface area (Å²) in [6, 6.07) is 0. The minimum absolute atomic E-state index is 0.264. The standard InChI is InChI=1S/C6H7N3O3/c1-8-3-4(7-12)5(10)9(2)6(8)11/h3H,1-2H3. The summed E-state index contributed by atoms with van der Waals surface area (Å²) in [5.41, 5.74) is -1.42. The van der Waals surface area contributed by atoms with E-state index in [2.05, 4.69) is 5.18 Å². The Labute approximate surface area is 67.0 Å². The normalized spacial score (nSPS) is 9.83. The number of hydrogen-bond donors (Lipinski definition) is 0. The molecular weight excluding hydrogens is 162 g/mol. The maximum atomic E-state index is 11.0. The first-order valence-corrected chi connectivity index (χ1v) is 3.18. The molecule has 0 aliphatic carbocycles. The topological polar surface area (TPSA) is 73.4 Å². The zero-order valence-electron chi connectivity index (χ0n) is 6.64. The van der Waals surface area contributed by atoms with Gasteiger partial charge in [0.05, 0.1) is 0 Å². The molecule has 0 atom stereocenters. The van der Waals surface area contributed by atoms with Gasteiger partial charge in [-0.25, -0.2) is 4.79 Å². The van der Waals surface area contributed by atoms with Crippen molar-refractivity contribution in [2.75, 3.05) is 0 Å². The van der Waals surface area contributed by atoms with E-state index in [1.807, 2.05) is 0 Å². The van der Waals surface area contributed by atoms with Crippen molar-refractivity contribution in [3.8, 4) is 0 Å². The molecule has 6 nitrogen and oxygen atoms in total. The molecule has 1 rings (SSSR count). The summed E-state index contributed by atoms with van der Waals surface area (Å²) in [5.74, 6) is 0. The van der Waals surface area contributed by atoms with Gasteiger partial charge in [-0.15, -0.1) is 4.91 Å². The number of rotatable bonds is 1. The summed E-state index contributed by atoms with van der Waals surface area (Å²) in [4.78, 5) is 32.1. The SMILES string of the molecule is Cn1cc(N=O)c(=O)n(C)c1=O. The lowest BCUT2D eigenvalue weighted by molar-refractivity contribution is 0.687. The fourth-order valence-electron chi connectivity index (χ4n) is 0.852. The Morgan fingerprint density at radius 2 is 1.92 bits per heavy atom. The van der Waals surface area contributed by atoms with E-state index in [0.717, 1.165) is 15.3 Å². The van der Waals surface area contributed by atoms with Gasteiger partial charge in [0, 0.05) is 20.3 Å². The van der Waals surface area contributed by atoms with Crippen LogP contribution in [0.2, 0.25) is 0 Å². The second-order valence-corrected chi connectivity index (χ2v) is 2.36. The summed E-state index contributed by atoms with van der Waals surface area (Å²) in [6.45, 7) is 0. The highest BCUT2D eigenvalue weighted by Crippen LogP contribution is 1.97. The average molecular weight is 169 g/mol. The number of nitrogens with zero attached hydrogens (tertiary/aromatic N) is 3. The summed E-state index contributed by atoms with van der Waals surface area (Å²) < 4.78 is 1.95. The molecule has 64 valence electrons. The summed E-state index contributed by atoms with van der Waals surface area (Å²) in [7, 11) is 2.73. The molecule has 0 unspecified atom stereocenters. The van der Waals surface area contributed by atoms with Crippen LogP contribution >= 0.6 is 0 Å². The summed E-state index contributed by atoms with van der Waals surface area (Å²) in [6.07, 6.45) is 1.11. The van der Waals surface area contributed by atoms with Gasteiger partial charge in [-0.3, -0.25) is 9.36 Å². The van der Waals surface area contributed by atoms with Gasteiger partial charge >= 0.3 is 5.69 Å². The Kier molecular flexibility index (Phi) is 1.90. The van der Waals surface area contributed by atoms with Crippen LogP contribution in [0.3, 0.4) is 0 Å². The van der Waals surface area contributed by atoms with E-state index in [9.17, 15) is 14.5 Å². The Morgan fingerprint density at radius 3 is 2.42 bits per heavy atom. The highest BCUT2D eigenvalue weighted by molar-refractivity contribution is 5.29. The zero-order chi connectivity index (χ0) is 9.30. The van der Waals surface area contributed by atoms with Crippen LogP contribution in [0.5, 0.6) is 0 Å². The van der Waals surface area contributed by atoms with Crippen LogP contribution < -0.4 is 11.2 Å². The molecular formula is C6H7N3O3. The van der Waals surface area contributed by atoms with Crippen LogP contribution in [0, 0.1) is 4.91 Å². The fraction of sp³-hybridized carbons (Fsp3) is 0.333. The van der Waals surface area contributed by atoms with Crippen molar-refractivity contribution in [2.45, 2.75) is 0 Å². The van der Waals surface area contributed by atoms with Gasteiger partial charge in [0.1, 0.15) is 0 Å². The number of hydrogen-bond acceptors (Lipinski definition) is 4. The fourth-order valence-corrected chi connectivity index (χ4v) is 0.852. The molecule has 0 aliphatic heterocycles. The minimum atomic E-state index is -0.673. The summed E-state index contributed by atoms with van der Waals surface area (Å²) >= 11 is 0. The Balaban J connectivity index is 3.73. The molecule has 0 spiro atoms. The molecule has 0 bridgehead atoms. The van der Waals surface area contributed by atoms with Gasteiger partial charge in [-0.05, 0) is 5.18 Å². The molecule has 0 saturated heterocycles. The molecule has 1 heterocycles. The van der Waals surface area contributed by atoms with E-state index in [0.29, 0.717) is 0 Å². The van der Waals surface area contributed by atoms with E-state index in [1.165, 1.54) is 14.1 Å². The van der Waals surface area contributed by atoms with Gasteiger partial charge < -0.3 is 4.57 Å². The first kappa shape index (κ1) is 8.38. The maximum Gasteiger partial charge on any atom is 0.330 e. The van der Waals surface area contributed by atoms with Crippen LogP contribution in [0.25, 0.3) is 0 Å². The predicted octanol–water partition coefficient (Wildman–Crippen LogP) is -0.518. The number of aryl methyl sites for hydroxylation is 1. The third-order valence-corrected chi connectivity index (χ3v) is 1.53. The molecule has 0 N–H and O–H groups in total. The molecule has 0 aliphatic rings. The second kappa shape index (κ2) is 2.72. The van der Waals surface area contributed by atoms with Gasteiger partial charge in [0.25, 0.3) is 5.56 Å². The molecule has 0 saturated carbocycles. The molecule has 0 amide bonds. The van der Waals surface area contributed by atoms with E-state index < -0.39 is 11.2 Å². The van der Waals surface area contributed by atoms with Crippen molar-refractivity contribution >= 4 is 5.69 Å². The minimum Gasteiger partial charge on any atom is -0.301 e. The van der Waals surface area contributed by atoms with Gasteiger partial charge in [0.2, 0.25) is 0 Å². The largest absolute Gasteiger partial charge is 0.330 e. The van der Waals surface area contributed by atoms with Gasteiger partial charge in [0.15, 0.2) is 5.69 Å². The van der Waals surface area contributed by atoms with Crippen molar-refractivity contribution < 1.29 is 0 Å². The summed E-state index contributed by atoms with van der Waals surface area (Å²) in [5, 5.41) is 2.49. The first-order chi connectivity index (χ1) is 5.57. The average Bonchev–Trinajstić information content (AvgIpc) is 2.08. The van der Waals surface area contributed by atoms with Crippen LogP contribution in [0.1, 0.15) is 0 Å². The lowest BCUT2D eigenvalue weighted by atomic mass is 10.5. The molecule has 6 heteroatoms. The lowest BCUT2D eigenvalue weighted by Crippen LogP contribution is -2.35. The number of nitroso groups, excluding NO2 is 1. The molecule has 1 aromatic rings. The highest BCUT2D eigenvalue weighted by atomic mass is 16.3. The van der Waals surface area contributed by atoms with Gasteiger partial charge in [-0.1, -0.05) is 0 Å². The molecule has 1 aromatic heterocycles. The smallest absolute Gasteiger partial charge is 0.301 e. The zero-order valence-corrected chi connectivity index (χ0v) is 6.64. The highest BCUT2D eigenvalue weighted by Gasteiger charge is 2.05. The number of aromatic nitrogens is 2. The van der Waals surface area contributed by atoms with Crippen LogP contribution in [-0.4, -0.2) is 9.13 Å². The quantitative estimate of drug-likeness (QED) is 0.531. The lowest BCUT2D eigenvalue weighted by Gasteiger charge is -1.99. The van der Waals surface area contributed by atoms with Crippen molar-refractivity contribution in [1.29, 1.82) is 0 Å². The maximum absolute atomic E-state index is 11.0. The van der Waals surface area contributed by atoms with Gasteiger partial charge in [-0.2, -0.15) is 0 Å². The van der Waals surface area contributed by atoms with E-state index in [4.69, 9.17) is 0 Å². The third kappa shape index (κ3) is 1.07. The van der Waals surface area contributed by atoms with Crippen LogP contribution in [-0.2, 0) is 14.1 Å². The molecule has 0 fully saturated rings. The van der Waals surface area contributed by atoms with Crippen molar-refractivity contribution in [3.05, 3.63) is 31.9 Å². The monoisotopic (exact) mass is 169 g/mol. The molecule has 12 heavy (non-hydrogen) atoms. The second-order valence-electron chi connectivity index (χ2n) is 2.36. The molecule has 0 aromatic carbocycles. The van der Waals surface area contributed by atoms with Crippen LogP contribution in [0.15, 0.2) is 21.0 Å². The Bertz CT molecular complexity index is 429. The van der Waals surface area contributed by atoms with E-state index >= 15 is 0 Å².